The highest BCUT2D eigenvalue weighted by atomic mass is 32.1. The molecule has 0 spiro atoms. The molecule has 0 saturated heterocycles. The van der Waals surface area contributed by atoms with Gasteiger partial charge in [-0.25, -0.2) is 0 Å². The minimum absolute atomic E-state index is 0.0797. The number of benzene rings is 1. The van der Waals surface area contributed by atoms with Crippen molar-refractivity contribution < 1.29 is 0 Å². The van der Waals surface area contributed by atoms with E-state index in [1.54, 1.807) is 0 Å². The van der Waals surface area contributed by atoms with Crippen LogP contribution in [0.4, 0.5) is 0 Å². The summed E-state index contributed by atoms with van der Waals surface area (Å²) >= 11 is 5.17. The molecule has 0 saturated carbocycles. The number of rotatable bonds is 10. The summed E-state index contributed by atoms with van der Waals surface area (Å²) < 4.78 is 0.0797. The van der Waals surface area contributed by atoms with Crippen LogP contribution in [0.25, 0.3) is 0 Å². The zero-order valence-corrected chi connectivity index (χ0v) is 14.5. The van der Waals surface area contributed by atoms with Gasteiger partial charge in [-0.3, -0.25) is 0 Å². The standard InChI is InChI=1S/C19H32S/c1-4-7-12-17-13-10-11-14-18(17)19(20,15-8-5-2)16-9-6-3/h10-11,13-14,20H,4-9,12,15-16H2,1-3H3. The molecule has 1 aromatic rings. The molecule has 114 valence electrons. The van der Waals surface area contributed by atoms with Gasteiger partial charge >= 0.3 is 0 Å². The lowest BCUT2D eigenvalue weighted by molar-refractivity contribution is 0.480. The highest BCUT2D eigenvalue weighted by Gasteiger charge is 2.28. The lowest BCUT2D eigenvalue weighted by atomic mass is 9.84. The van der Waals surface area contributed by atoms with Gasteiger partial charge in [0.05, 0.1) is 0 Å². The molecule has 0 nitrogen and oxygen atoms in total. The van der Waals surface area contributed by atoms with Crippen LogP contribution in [0.3, 0.4) is 0 Å². The Morgan fingerprint density at radius 1 is 0.850 bits per heavy atom. The smallest absolute Gasteiger partial charge is 0.0381 e. The van der Waals surface area contributed by atoms with Crippen molar-refractivity contribution in [1.82, 2.24) is 0 Å². The molecule has 0 aromatic heterocycles. The Bertz CT molecular complexity index is 362. The SMILES string of the molecule is CCCCc1ccccc1C(S)(CCCC)CCCC. The first-order valence-corrected chi connectivity index (χ1v) is 8.93. The van der Waals surface area contributed by atoms with Crippen molar-refractivity contribution >= 4 is 12.6 Å². The second-order valence-electron chi connectivity index (χ2n) is 6.00. The molecule has 0 bridgehead atoms. The van der Waals surface area contributed by atoms with Crippen molar-refractivity contribution in [3.05, 3.63) is 35.4 Å². The van der Waals surface area contributed by atoms with Crippen LogP contribution in [0.15, 0.2) is 24.3 Å². The van der Waals surface area contributed by atoms with Gasteiger partial charge in [-0.15, -0.1) is 0 Å². The summed E-state index contributed by atoms with van der Waals surface area (Å²) in [6.07, 6.45) is 11.2. The Morgan fingerprint density at radius 2 is 1.40 bits per heavy atom. The average Bonchev–Trinajstić information content (AvgIpc) is 2.49. The Kier molecular flexibility index (Phi) is 8.37. The van der Waals surface area contributed by atoms with Crippen LogP contribution < -0.4 is 0 Å². The summed E-state index contributed by atoms with van der Waals surface area (Å²) in [5, 5.41) is 0. The number of unbranched alkanes of at least 4 members (excludes halogenated alkanes) is 3. The number of thiol groups is 1. The molecule has 0 heterocycles. The lowest BCUT2D eigenvalue weighted by Gasteiger charge is -2.31. The third-order valence-electron chi connectivity index (χ3n) is 4.21. The van der Waals surface area contributed by atoms with E-state index in [2.05, 4.69) is 45.0 Å². The van der Waals surface area contributed by atoms with Crippen molar-refractivity contribution in [3.8, 4) is 0 Å². The predicted octanol–water partition coefficient (Wildman–Crippen LogP) is 6.53. The summed E-state index contributed by atoms with van der Waals surface area (Å²) in [5.74, 6) is 0. The van der Waals surface area contributed by atoms with Crippen LogP contribution >= 0.6 is 12.6 Å². The predicted molar refractivity (Wildman–Crippen MR) is 94.8 cm³/mol. The maximum absolute atomic E-state index is 5.17. The van der Waals surface area contributed by atoms with E-state index in [9.17, 15) is 0 Å². The molecule has 1 heteroatoms. The molecule has 0 aliphatic rings. The van der Waals surface area contributed by atoms with E-state index < -0.39 is 0 Å². The molecule has 0 aliphatic heterocycles. The van der Waals surface area contributed by atoms with E-state index in [1.165, 1.54) is 68.9 Å². The molecule has 0 fully saturated rings. The number of hydrogen-bond donors (Lipinski definition) is 1. The van der Waals surface area contributed by atoms with Crippen LogP contribution in [-0.4, -0.2) is 0 Å². The van der Waals surface area contributed by atoms with E-state index in [1.807, 2.05) is 0 Å². The molecule has 0 atom stereocenters. The number of hydrogen-bond acceptors (Lipinski definition) is 1. The van der Waals surface area contributed by atoms with Crippen LogP contribution in [0.1, 0.15) is 83.3 Å². The second-order valence-corrected chi connectivity index (χ2v) is 6.86. The van der Waals surface area contributed by atoms with Gasteiger partial charge in [-0.2, -0.15) is 12.6 Å². The van der Waals surface area contributed by atoms with Crippen LogP contribution in [0.5, 0.6) is 0 Å². The third kappa shape index (κ3) is 5.16. The van der Waals surface area contributed by atoms with Gasteiger partial charge in [0.15, 0.2) is 0 Å². The molecular formula is C19H32S. The van der Waals surface area contributed by atoms with E-state index in [-0.39, 0.29) is 4.75 Å². The molecular weight excluding hydrogens is 260 g/mol. The molecule has 0 unspecified atom stereocenters. The van der Waals surface area contributed by atoms with E-state index in [0.717, 1.165) is 0 Å². The first-order valence-electron chi connectivity index (χ1n) is 8.48. The Labute approximate surface area is 131 Å². The van der Waals surface area contributed by atoms with Gasteiger partial charge < -0.3 is 0 Å². The molecule has 0 amide bonds. The van der Waals surface area contributed by atoms with Gasteiger partial charge in [0, 0.05) is 4.75 Å². The Hall–Kier alpha value is -0.430. The van der Waals surface area contributed by atoms with Crippen LogP contribution in [0, 0.1) is 0 Å². The highest BCUT2D eigenvalue weighted by Crippen LogP contribution is 2.41. The molecule has 0 aliphatic carbocycles. The van der Waals surface area contributed by atoms with Gasteiger partial charge in [-0.05, 0) is 36.8 Å². The Morgan fingerprint density at radius 3 is 1.95 bits per heavy atom. The minimum atomic E-state index is 0.0797. The molecule has 1 rings (SSSR count). The summed E-state index contributed by atoms with van der Waals surface area (Å²) in [4.78, 5) is 0. The largest absolute Gasteiger partial charge is 0.168 e. The Balaban J connectivity index is 2.98. The zero-order valence-electron chi connectivity index (χ0n) is 13.6. The highest BCUT2D eigenvalue weighted by molar-refractivity contribution is 7.81. The zero-order chi connectivity index (χ0) is 14.8. The monoisotopic (exact) mass is 292 g/mol. The summed E-state index contributed by atoms with van der Waals surface area (Å²) in [6.45, 7) is 6.82. The first-order chi connectivity index (χ1) is 9.68. The molecule has 0 radical (unpaired) electrons. The first kappa shape index (κ1) is 17.6. The van der Waals surface area contributed by atoms with Crippen molar-refractivity contribution in [2.45, 2.75) is 83.3 Å². The van der Waals surface area contributed by atoms with Crippen LogP contribution in [0.2, 0.25) is 0 Å². The quantitative estimate of drug-likeness (QED) is 0.465. The molecule has 0 N–H and O–H groups in total. The van der Waals surface area contributed by atoms with Crippen molar-refractivity contribution in [3.63, 3.8) is 0 Å². The lowest BCUT2D eigenvalue weighted by Crippen LogP contribution is -2.21. The van der Waals surface area contributed by atoms with Crippen molar-refractivity contribution in [1.29, 1.82) is 0 Å². The van der Waals surface area contributed by atoms with E-state index >= 15 is 0 Å². The molecule has 20 heavy (non-hydrogen) atoms. The second kappa shape index (κ2) is 9.50. The fourth-order valence-corrected chi connectivity index (χ4v) is 3.43. The summed E-state index contributed by atoms with van der Waals surface area (Å²) in [6, 6.07) is 9.01. The maximum Gasteiger partial charge on any atom is 0.0381 e. The van der Waals surface area contributed by atoms with Gasteiger partial charge in [0.1, 0.15) is 0 Å². The van der Waals surface area contributed by atoms with Gasteiger partial charge in [0.25, 0.3) is 0 Å². The third-order valence-corrected chi connectivity index (χ3v) is 4.89. The van der Waals surface area contributed by atoms with Gasteiger partial charge in [-0.1, -0.05) is 77.1 Å². The summed E-state index contributed by atoms with van der Waals surface area (Å²) in [7, 11) is 0. The number of aryl methyl sites for hydroxylation is 1. The average molecular weight is 293 g/mol. The molecule has 1 aromatic carbocycles. The fraction of sp³-hybridized carbons (Fsp3) is 0.684. The van der Waals surface area contributed by atoms with Gasteiger partial charge in [0.2, 0.25) is 0 Å². The van der Waals surface area contributed by atoms with E-state index in [0.29, 0.717) is 0 Å². The minimum Gasteiger partial charge on any atom is -0.168 e. The van der Waals surface area contributed by atoms with Crippen molar-refractivity contribution in [2.75, 3.05) is 0 Å². The summed E-state index contributed by atoms with van der Waals surface area (Å²) in [5.41, 5.74) is 3.02. The normalized spacial score (nSPS) is 11.8. The fourth-order valence-electron chi connectivity index (χ4n) is 2.89. The topological polar surface area (TPSA) is 0 Å². The maximum atomic E-state index is 5.17. The van der Waals surface area contributed by atoms with Crippen molar-refractivity contribution in [2.24, 2.45) is 0 Å². The van der Waals surface area contributed by atoms with Crippen LogP contribution in [-0.2, 0) is 11.2 Å². The van der Waals surface area contributed by atoms with E-state index in [4.69, 9.17) is 12.6 Å².